The maximum Gasteiger partial charge on any atom is 0.303 e. The molecule has 8 nitrogen and oxygen atoms in total. The lowest BCUT2D eigenvalue weighted by molar-refractivity contribution is -0.154. The van der Waals surface area contributed by atoms with Gasteiger partial charge in [0, 0.05) is 22.7 Å². The molecule has 1 heterocycles. The Bertz CT molecular complexity index is 1340. The lowest BCUT2D eigenvalue weighted by atomic mass is 9.77. The minimum absolute atomic E-state index is 0.0479. The molecule has 3 N–H and O–H groups in total. The van der Waals surface area contributed by atoms with Crippen molar-refractivity contribution in [3.8, 4) is 0 Å². The van der Waals surface area contributed by atoms with Gasteiger partial charge in [0.2, 0.25) is 5.91 Å². The van der Waals surface area contributed by atoms with Gasteiger partial charge in [0.25, 0.3) is 5.91 Å². The minimum atomic E-state index is -2.13. The van der Waals surface area contributed by atoms with Gasteiger partial charge < -0.3 is 10.2 Å². The number of halogens is 1. The molecule has 4 rings (SSSR count). The Morgan fingerprint density at radius 3 is 2.27 bits per heavy atom. The number of nitrogens with zero attached hydrogens (tertiary/aromatic N) is 2. The number of hydrogen-bond acceptors (Lipinski definition) is 6. The summed E-state index contributed by atoms with van der Waals surface area (Å²) in [6.45, 7) is 0. The number of carboxylic acid groups (broad SMARTS) is 1. The normalized spacial score (nSPS) is 20.3. The number of thiophene rings is 1. The first kappa shape index (κ1) is 30.7. The lowest BCUT2D eigenvalue weighted by Gasteiger charge is -2.47. The maximum absolute atomic E-state index is 14.0. The van der Waals surface area contributed by atoms with Crippen LogP contribution in [0.4, 0.5) is 0 Å². The molecule has 1 aromatic heterocycles. The van der Waals surface area contributed by atoms with Gasteiger partial charge in [-0.1, -0.05) is 60.1 Å². The number of benzene rings is 2. The molecule has 1 aliphatic rings. The van der Waals surface area contributed by atoms with E-state index in [2.05, 4.69) is 35.9 Å². The third-order valence-electron chi connectivity index (χ3n) is 8.02. The SMILES string of the molecule is CN(C)C1(c2cccs2)CCC(N(NC(=O)C(O)(c2ccccc2)c2cccc(Cl)c2)C(=O)CCCC(=O)O)CC1. The van der Waals surface area contributed by atoms with E-state index in [1.807, 2.05) is 6.07 Å². The zero-order valence-corrected chi connectivity index (χ0v) is 24.8. The first-order valence-electron chi connectivity index (χ1n) is 13.7. The zero-order valence-electron chi connectivity index (χ0n) is 23.3. The monoisotopic (exact) mass is 597 g/mol. The fraction of sp³-hybridized carbons (Fsp3) is 0.387. The predicted molar refractivity (Wildman–Crippen MR) is 159 cm³/mol. The molecule has 0 aliphatic heterocycles. The Morgan fingerprint density at radius 2 is 1.68 bits per heavy atom. The lowest BCUT2D eigenvalue weighted by Crippen LogP contribution is -2.59. The van der Waals surface area contributed by atoms with E-state index in [1.165, 1.54) is 16.0 Å². The summed E-state index contributed by atoms with van der Waals surface area (Å²) >= 11 is 7.95. The number of aliphatic hydroxyl groups is 1. The van der Waals surface area contributed by atoms with E-state index >= 15 is 0 Å². The van der Waals surface area contributed by atoms with E-state index in [0.29, 0.717) is 23.4 Å². The molecule has 1 atom stereocenters. The average Bonchev–Trinajstić information content (AvgIpc) is 3.51. The summed E-state index contributed by atoms with van der Waals surface area (Å²) in [6.07, 6.45) is 2.68. The molecule has 0 spiro atoms. The Balaban J connectivity index is 1.64. The second-order valence-corrected chi connectivity index (χ2v) is 12.1. The number of aliphatic carboxylic acids is 1. The molecule has 10 heteroatoms. The van der Waals surface area contributed by atoms with Crippen LogP contribution in [0.15, 0.2) is 72.1 Å². The van der Waals surface area contributed by atoms with Gasteiger partial charge in [-0.25, -0.2) is 0 Å². The van der Waals surface area contributed by atoms with E-state index in [-0.39, 0.29) is 42.3 Å². The number of amides is 2. The number of carbonyl (C=O) groups is 3. The third-order valence-corrected chi connectivity index (χ3v) is 9.32. The standard InChI is InChI=1S/C31H36ClN3O5S/c1-34(2)30(26-13-8-20-41-26)18-16-25(17-19-30)35(27(36)14-7-15-28(37)38)33-29(39)31(40,22-9-4-3-5-10-22)23-11-6-12-24(32)21-23/h3-6,8-13,20-21,25,40H,7,14-19H2,1-2H3,(H,33,39)(H,37,38). The molecule has 218 valence electrons. The third kappa shape index (κ3) is 6.64. The van der Waals surface area contributed by atoms with Gasteiger partial charge >= 0.3 is 5.97 Å². The van der Waals surface area contributed by atoms with Gasteiger partial charge in [-0.15, -0.1) is 11.3 Å². The molecule has 41 heavy (non-hydrogen) atoms. The number of hydrogen-bond donors (Lipinski definition) is 3. The second kappa shape index (κ2) is 13.2. The summed E-state index contributed by atoms with van der Waals surface area (Å²) in [7, 11) is 4.11. The van der Waals surface area contributed by atoms with Gasteiger partial charge in [0.1, 0.15) is 0 Å². The van der Waals surface area contributed by atoms with E-state index in [4.69, 9.17) is 16.7 Å². The Hall–Kier alpha value is -3.24. The van der Waals surface area contributed by atoms with Crippen molar-refractivity contribution in [2.75, 3.05) is 14.1 Å². The van der Waals surface area contributed by atoms with Gasteiger partial charge in [0.05, 0.1) is 11.6 Å². The highest BCUT2D eigenvalue weighted by Crippen LogP contribution is 2.44. The first-order chi connectivity index (χ1) is 19.6. The summed E-state index contributed by atoms with van der Waals surface area (Å²) in [5, 5.41) is 24.9. The molecule has 1 fully saturated rings. The van der Waals surface area contributed by atoms with E-state index < -0.39 is 17.5 Å². The zero-order chi connectivity index (χ0) is 29.6. The number of nitrogens with one attached hydrogen (secondary N) is 1. The highest BCUT2D eigenvalue weighted by atomic mass is 35.5. The Kier molecular flexibility index (Phi) is 9.86. The molecule has 1 saturated carbocycles. The van der Waals surface area contributed by atoms with Gasteiger partial charge in [0.15, 0.2) is 5.60 Å². The van der Waals surface area contributed by atoms with Crippen molar-refractivity contribution in [3.05, 3.63) is 93.1 Å². The van der Waals surface area contributed by atoms with Crippen LogP contribution in [0.25, 0.3) is 0 Å². The molecular weight excluding hydrogens is 562 g/mol. The summed E-state index contributed by atoms with van der Waals surface area (Å²) in [5.41, 5.74) is 1.04. The Labute approximate surface area is 249 Å². The number of carboxylic acids is 1. The van der Waals surface area contributed by atoms with Crippen molar-refractivity contribution in [2.24, 2.45) is 0 Å². The molecular formula is C31H36ClN3O5S. The van der Waals surface area contributed by atoms with Gasteiger partial charge in [-0.05, 0) is 80.9 Å². The van der Waals surface area contributed by atoms with Crippen LogP contribution in [0.5, 0.6) is 0 Å². The Morgan fingerprint density at radius 1 is 1.00 bits per heavy atom. The maximum atomic E-state index is 14.0. The molecule has 2 aromatic carbocycles. The van der Waals surface area contributed by atoms with Crippen LogP contribution >= 0.6 is 22.9 Å². The van der Waals surface area contributed by atoms with E-state index in [0.717, 1.165) is 12.8 Å². The van der Waals surface area contributed by atoms with Gasteiger partial charge in [-0.2, -0.15) is 0 Å². The second-order valence-electron chi connectivity index (χ2n) is 10.7. The summed E-state index contributed by atoms with van der Waals surface area (Å²) < 4.78 is 0. The predicted octanol–water partition coefficient (Wildman–Crippen LogP) is 5.15. The van der Waals surface area contributed by atoms with Crippen molar-refractivity contribution >= 4 is 40.7 Å². The first-order valence-corrected chi connectivity index (χ1v) is 14.9. The topological polar surface area (TPSA) is 110 Å². The summed E-state index contributed by atoms with van der Waals surface area (Å²) in [4.78, 5) is 42.2. The minimum Gasteiger partial charge on any atom is -0.481 e. The highest BCUT2D eigenvalue weighted by molar-refractivity contribution is 7.10. The summed E-state index contributed by atoms with van der Waals surface area (Å²) in [6, 6.07) is 18.8. The molecule has 0 radical (unpaired) electrons. The quantitative estimate of drug-likeness (QED) is 0.279. The van der Waals surface area contributed by atoms with Crippen molar-refractivity contribution in [3.63, 3.8) is 0 Å². The van der Waals surface area contributed by atoms with Crippen LogP contribution in [-0.4, -0.2) is 58.0 Å². The van der Waals surface area contributed by atoms with Crippen molar-refractivity contribution in [1.82, 2.24) is 15.3 Å². The number of carbonyl (C=O) groups excluding carboxylic acids is 2. The van der Waals surface area contributed by atoms with Crippen LogP contribution in [0.2, 0.25) is 5.02 Å². The molecule has 0 saturated heterocycles. The molecule has 0 bridgehead atoms. The van der Waals surface area contributed by atoms with Crippen LogP contribution in [-0.2, 0) is 25.5 Å². The van der Waals surface area contributed by atoms with Crippen LogP contribution in [0, 0.1) is 0 Å². The van der Waals surface area contributed by atoms with Crippen molar-refractivity contribution in [2.45, 2.75) is 62.1 Å². The van der Waals surface area contributed by atoms with Crippen molar-refractivity contribution < 1.29 is 24.6 Å². The summed E-state index contributed by atoms with van der Waals surface area (Å²) in [5.74, 6) is -2.17. The highest BCUT2D eigenvalue weighted by Gasteiger charge is 2.45. The smallest absolute Gasteiger partial charge is 0.303 e. The van der Waals surface area contributed by atoms with E-state index in [1.54, 1.807) is 59.9 Å². The molecule has 1 aliphatic carbocycles. The van der Waals surface area contributed by atoms with Crippen molar-refractivity contribution in [1.29, 1.82) is 0 Å². The van der Waals surface area contributed by atoms with Crippen LogP contribution < -0.4 is 5.43 Å². The van der Waals surface area contributed by atoms with E-state index in [9.17, 15) is 19.5 Å². The molecule has 2 amide bonds. The fourth-order valence-corrected chi connectivity index (χ4v) is 6.93. The average molecular weight is 598 g/mol. The van der Waals surface area contributed by atoms with Gasteiger partial charge in [-0.3, -0.25) is 29.7 Å². The fourth-order valence-electron chi connectivity index (χ4n) is 5.68. The largest absolute Gasteiger partial charge is 0.481 e. The van der Waals surface area contributed by atoms with Crippen LogP contribution in [0.1, 0.15) is 60.9 Å². The number of rotatable bonds is 10. The molecule has 3 aromatic rings. The van der Waals surface area contributed by atoms with Crippen LogP contribution in [0.3, 0.4) is 0 Å². The number of hydrazine groups is 1. The molecule has 1 unspecified atom stereocenters.